The second kappa shape index (κ2) is 6.87. The van der Waals surface area contributed by atoms with Gasteiger partial charge < -0.3 is 15.4 Å². The van der Waals surface area contributed by atoms with Crippen molar-refractivity contribution in [3.63, 3.8) is 0 Å². The number of nitrogens with zero attached hydrogens (tertiary/aromatic N) is 1. The molecule has 4 nitrogen and oxygen atoms in total. The lowest BCUT2D eigenvalue weighted by atomic mass is 10.2. The van der Waals surface area contributed by atoms with Gasteiger partial charge in [0.25, 0.3) is 0 Å². The molecule has 2 N–H and O–H groups in total. The Bertz CT molecular complexity index is 813. The zero-order valence-electron chi connectivity index (χ0n) is 13.3. The Hall–Kier alpha value is -3.27. The highest BCUT2D eigenvalue weighted by Gasteiger charge is 2.12. The first-order valence-electron chi connectivity index (χ1n) is 7.63. The third-order valence-corrected chi connectivity index (χ3v) is 3.52. The van der Waals surface area contributed by atoms with E-state index in [1.807, 2.05) is 66.7 Å². The number of carbonyl (C=O) groups is 1. The molecule has 0 aliphatic rings. The number of esters is 1. The molecule has 0 spiro atoms. The SMILES string of the molecule is CC(=O)Oc1ccc(N(c2ccccc2)c2ccc(N)cc2)cc1. The van der Waals surface area contributed by atoms with Gasteiger partial charge in [-0.15, -0.1) is 0 Å². The summed E-state index contributed by atoms with van der Waals surface area (Å²) in [6.07, 6.45) is 0. The van der Waals surface area contributed by atoms with Crippen molar-refractivity contribution in [1.29, 1.82) is 0 Å². The third kappa shape index (κ3) is 3.55. The largest absolute Gasteiger partial charge is 0.427 e. The lowest BCUT2D eigenvalue weighted by Gasteiger charge is -2.25. The van der Waals surface area contributed by atoms with Crippen molar-refractivity contribution in [2.75, 3.05) is 10.6 Å². The summed E-state index contributed by atoms with van der Waals surface area (Å²) in [5.74, 6) is 0.192. The van der Waals surface area contributed by atoms with Crippen molar-refractivity contribution in [3.05, 3.63) is 78.9 Å². The first kappa shape index (κ1) is 15.6. The average Bonchev–Trinajstić information content (AvgIpc) is 2.59. The molecule has 24 heavy (non-hydrogen) atoms. The zero-order chi connectivity index (χ0) is 16.9. The van der Waals surface area contributed by atoms with E-state index in [1.54, 1.807) is 12.1 Å². The fourth-order valence-corrected chi connectivity index (χ4v) is 2.48. The molecule has 0 aromatic heterocycles. The van der Waals surface area contributed by atoms with Gasteiger partial charge in [0.05, 0.1) is 0 Å². The van der Waals surface area contributed by atoms with Gasteiger partial charge in [-0.1, -0.05) is 18.2 Å². The highest BCUT2D eigenvalue weighted by Crippen LogP contribution is 2.35. The number of carbonyl (C=O) groups excluding carboxylic acids is 1. The summed E-state index contributed by atoms with van der Waals surface area (Å²) >= 11 is 0. The molecule has 0 radical (unpaired) electrons. The molecular formula is C20H18N2O2. The maximum atomic E-state index is 11.1. The average molecular weight is 318 g/mol. The summed E-state index contributed by atoms with van der Waals surface area (Å²) in [6, 6.07) is 25.1. The fraction of sp³-hybridized carbons (Fsp3) is 0.0500. The van der Waals surface area contributed by atoms with E-state index < -0.39 is 0 Å². The number of para-hydroxylation sites is 1. The Balaban J connectivity index is 2.01. The zero-order valence-corrected chi connectivity index (χ0v) is 13.3. The number of rotatable bonds is 4. The van der Waals surface area contributed by atoms with Gasteiger partial charge in [-0.3, -0.25) is 4.79 Å². The molecule has 3 aromatic rings. The number of hydrogen-bond acceptors (Lipinski definition) is 4. The van der Waals surface area contributed by atoms with Crippen LogP contribution in [0.4, 0.5) is 22.7 Å². The molecule has 0 saturated heterocycles. The summed E-state index contributed by atoms with van der Waals surface area (Å²) < 4.78 is 5.10. The van der Waals surface area contributed by atoms with Crippen molar-refractivity contribution in [3.8, 4) is 5.75 Å². The second-order valence-electron chi connectivity index (χ2n) is 5.35. The van der Waals surface area contributed by atoms with Gasteiger partial charge >= 0.3 is 5.97 Å². The first-order chi connectivity index (χ1) is 11.6. The monoisotopic (exact) mass is 318 g/mol. The van der Waals surface area contributed by atoms with E-state index in [2.05, 4.69) is 4.90 Å². The molecule has 120 valence electrons. The molecule has 0 atom stereocenters. The number of ether oxygens (including phenoxy) is 1. The van der Waals surface area contributed by atoms with E-state index in [1.165, 1.54) is 6.92 Å². The van der Waals surface area contributed by atoms with Gasteiger partial charge in [0, 0.05) is 29.7 Å². The van der Waals surface area contributed by atoms with Crippen LogP contribution in [0.5, 0.6) is 5.75 Å². The molecule has 4 heteroatoms. The summed E-state index contributed by atoms with van der Waals surface area (Å²) in [5, 5.41) is 0. The number of nitrogen functional groups attached to an aromatic ring is 1. The Labute approximate surface area is 141 Å². The number of benzene rings is 3. The van der Waals surface area contributed by atoms with E-state index >= 15 is 0 Å². The molecule has 0 heterocycles. The summed E-state index contributed by atoms with van der Waals surface area (Å²) in [5.41, 5.74) is 9.51. The molecule has 0 unspecified atom stereocenters. The second-order valence-corrected chi connectivity index (χ2v) is 5.35. The molecule has 0 saturated carbocycles. The fourth-order valence-electron chi connectivity index (χ4n) is 2.48. The molecule has 0 aliphatic heterocycles. The van der Waals surface area contributed by atoms with Crippen LogP contribution in [0.3, 0.4) is 0 Å². The van der Waals surface area contributed by atoms with Gasteiger partial charge in [-0.05, 0) is 60.7 Å². The quantitative estimate of drug-likeness (QED) is 0.432. The lowest BCUT2D eigenvalue weighted by molar-refractivity contribution is -0.131. The minimum Gasteiger partial charge on any atom is -0.427 e. The minimum absolute atomic E-state index is 0.332. The van der Waals surface area contributed by atoms with E-state index in [-0.39, 0.29) is 5.97 Å². The van der Waals surface area contributed by atoms with Gasteiger partial charge in [0.1, 0.15) is 5.75 Å². The van der Waals surface area contributed by atoms with E-state index in [9.17, 15) is 4.79 Å². The smallest absolute Gasteiger partial charge is 0.308 e. The van der Waals surface area contributed by atoms with Crippen LogP contribution in [-0.4, -0.2) is 5.97 Å². The molecule has 3 aromatic carbocycles. The molecule has 0 bridgehead atoms. The lowest BCUT2D eigenvalue weighted by Crippen LogP contribution is -2.10. The van der Waals surface area contributed by atoms with E-state index in [4.69, 9.17) is 10.5 Å². The summed E-state index contributed by atoms with van der Waals surface area (Å²) in [7, 11) is 0. The van der Waals surface area contributed by atoms with Crippen LogP contribution in [0.15, 0.2) is 78.9 Å². The predicted octanol–water partition coefficient (Wildman–Crippen LogP) is 4.66. The Morgan fingerprint density at radius 2 is 1.29 bits per heavy atom. The molecule has 0 fully saturated rings. The van der Waals surface area contributed by atoms with Crippen LogP contribution < -0.4 is 15.4 Å². The predicted molar refractivity (Wildman–Crippen MR) is 96.8 cm³/mol. The van der Waals surface area contributed by atoms with Gasteiger partial charge in [0.15, 0.2) is 0 Å². The van der Waals surface area contributed by atoms with E-state index in [0.717, 1.165) is 22.7 Å². The van der Waals surface area contributed by atoms with E-state index in [0.29, 0.717) is 5.75 Å². The Morgan fingerprint density at radius 1 is 0.792 bits per heavy atom. The van der Waals surface area contributed by atoms with Crippen LogP contribution in [0.1, 0.15) is 6.92 Å². The van der Waals surface area contributed by atoms with Crippen molar-refractivity contribution in [2.24, 2.45) is 0 Å². The molecule has 3 rings (SSSR count). The standard InChI is InChI=1S/C20H18N2O2/c1-15(23)24-20-13-11-19(12-14-20)22(17-5-3-2-4-6-17)18-9-7-16(21)8-10-18/h2-14H,21H2,1H3. The maximum absolute atomic E-state index is 11.1. The molecule has 0 amide bonds. The minimum atomic E-state index is -0.332. The number of hydrogen-bond donors (Lipinski definition) is 1. The van der Waals surface area contributed by atoms with Crippen LogP contribution in [0, 0.1) is 0 Å². The van der Waals surface area contributed by atoms with Crippen LogP contribution >= 0.6 is 0 Å². The van der Waals surface area contributed by atoms with Crippen molar-refractivity contribution in [2.45, 2.75) is 6.92 Å². The molecule has 0 aliphatic carbocycles. The van der Waals surface area contributed by atoms with Crippen LogP contribution in [0.2, 0.25) is 0 Å². The first-order valence-corrected chi connectivity index (χ1v) is 7.63. The normalized spacial score (nSPS) is 10.2. The van der Waals surface area contributed by atoms with Crippen LogP contribution in [0.25, 0.3) is 0 Å². The topological polar surface area (TPSA) is 55.6 Å². The van der Waals surface area contributed by atoms with Gasteiger partial charge in [-0.2, -0.15) is 0 Å². The van der Waals surface area contributed by atoms with Crippen molar-refractivity contribution in [1.82, 2.24) is 0 Å². The van der Waals surface area contributed by atoms with Crippen LogP contribution in [-0.2, 0) is 4.79 Å². The highest BCUT2D eigenvalue weighted by molar-refractivity contribution is 5.77. The highest BCUT2D eigenvalue weighted by atomic mass is 16.5. The number of nitrogens with two attached hydrogens (primary N) is 1. The Kier molecular flexibility index (Phi) is 4.47. The Morgan fingerprint density at radius 3 is 1.83 bits per heavy atom. The van der Waals surface area contributed by atoms with Gasteiger partial charge in [-0.25, -0.2) is 0 Å². The third-order valence-electron chi connectivity index (χ3n) is 3.52. The molecular weight excluding hydrogens is 300 g/mol. The van der Waals surface area contributed by atoms with Crippen molar-refractivity contribution < 1.29 is 9.53 Å². The summed E-state index contributed by atoms with van der Waals surface area (Å²) in [4.78, 5) is 13.2. The summed E-state index contributed by atoms with van der Waals surface area (Å²) in [6.45, 7) is 1.39. The van der Waals surface area contributed by atoms with Gasteiger partial charge in [0.2, 0.25) is 0 Å². The number of anilines is 4. The van der Waals surface area contributed by atoms with Crippen molar-refractivity contribution >= 4 is 28.7 Å². The maximum Gasteiger partial charge on any atom is 0.308 e.